The lowest BCUT2D eigenvalue weighted by molar-refractivity contribution is -0.0986. The molecule has 0 aliphatic heterocycles. The molecule has 1 aliphatic carbocycles. The van der Waals surface area contributed by atoms with E-state index in [1.807, 2.05) is 0 Å². The van der Waals surface area contributed by atoms with Gasteiger partial charge in [0.15, 0.2) is 0 Å². The van der Waals surface area contributed by atoms with Gasteiger partial charge in [-0.3, -0.25) is 0 Å². The molecule has 1 N–H and O–H groups in total. The first-order valence-electron chi connectivity index (χ1n) is 4.67. The standard InChI is InChI=1S/C11H12F2O/c12-11(13,10(8-14)6-7-10)9-4-2-1-3-5-9/h1-5,14H,6-8H2. The Morgan fingerprint density at radius 3 is 2.21 bits per heavy atom. The lowest BCUT2D eigenvalue weighted by Crippen LogP contribution is -2.30. The predicted octanol–water partition coefficient (Wildman–Crippen LogP) is 2.55. The summed E-state index contributed by atoms with van der Waals surface area (Å²) in [5, 5.41) is 8.97. The fourth-order valence-electron chi connectivity index (χ4n) is 1.68. The second kappa shape index (κ2) is 3.02. The van der Waals surface area contributed by atoms with Crippen LogP contribution in [0.15, 0.2) is 30.3 Å². The number of hydrogen-bond acceptors (Lipinski definition) is 1. The molecule has 1 nitrogen and oxygen atoms in total. The first kappa shape index (κ1) is 9.59. The van der Waals surface area contributed by atoms with E-state index in [4.69, 9.17) is 5.11 Å². The number of alkyl halides is 2. The molecular formula is C11H12F2O. The topological polar surface area (TPSA) is 20.2 Å². The number of benzene rings is 1. The molecule has 14 heavy (non-hydrogen) atoms. The van der Waals surface area contributed by atoms with Gasteiger partial charge in [-0.05, 0) is 12.8 Å². The summed E-state index contributed by atoms with van der Waals surface area (Å²) >= 11 is 0. The smallest absolute Gasteiger partial charge is 0.280 e. The van der Waals surface area contributed by atoms with Gasteiger partial charge in [0, 0.05) is 5.56 Å². The van der Waals surface area contributed by atoms with Crippen LogP contribution in [0.5, 0.6) is 0 Å². The Hall–Kier alpha value is -0.960. The van der Waals surface area contributed by atoms with Crippen molar-refractivity contribution in [1.29, 1.82) is 0 Å². The largest absolute Gasteiger partial charge is 0.396 e. The van der Waals surface area contributed by atoms with Gasteiger partial charge in [-0.1, -0.05) is 30.3 Å². The number of aliphatic hydroxyl groups excluding tert-OH is 1. The van der Waals surface area contributed by atoms with Crippen LogP contribution in [0.1, 0.15) is 18.4 Å². The van der Waals surface area contributed by atoms with Crippen LogP contribution < -0.4 is 0 Å². The molecular weight excluding hydrogens is 186 g/mol. The fraction of sp³-hybridized carbons (Fsp3) is 0.455. The number of halogens is 2. The van der Waals surface area contributed by atoms with Crippen LogP contribution in [0.2, 0.25) is 0 Å². The maximum Gasteiger partial charge on any atom is 0.280 e. The molecule has 1 aliphatic rings. The normalized spacial score (nSPS) is 19.4. The summed E-state index contributed by atoms with van der Waals surface area (Å²) in [5.41, 5.74) is -1.18. The van der Waals surface area contributed by atoms with E-state index in [2.05, 4.69) is 0 Å². The van der Waals surface area contributed by atoms with Gasteiger partial charge in [-0.15, -0.1) is 0 Å². The third kappa shape index (κ3) is 1.23. The average Bonchev–Trinajstić information content (AvgIpc) is 3.00. The van der Waals surface area contributed by atoms with E-state index in [0.29, 0.717) is 12.8 Å². The molecule has 0 radical (unpaired) electrons. The minimum absolute atomic E-state index is 0.00606. The van der Waals surface area contributed by atoms with Crippen LogP contribution in [0.25, 0.3) is 0 Å². The van der Waals surface area contributed by atoms with E-state index >= 15 is 0 Å². The van der Waals surface area contributed by atoms with Crippen LogP contribution in [0, 0.1) is 5.41 Å². The third-order valence-corrected chi connectivity index (χ3v) is 2.96. The Labute approximate surface area is 81.4 Å². The molecule has 2 rings (SSSR count). The monoisotopic (exact) mass is 198 g/mol. The van der Waals surface area contributed by atoms with Gasteiger partial charge in [0.05, 0.1) is 12.0 Å². The molecule has 1 fully saturated rings. The summed E-state index contributed by atoms with van der Waals surface area (Å²) in [7, 11) is 0. The molecule has 0 saturated heterocycles. The second-order valence-electron chi connectivity index (χ2n) is 3.88. The molecule has 76 valence electrons. The molecule has 3 heteroatoms. The zero-order valence-electron chi connectivity index (χ0n) is 7.71. The average molecular weight is 198 g/mol. The summed E-state index contributed by atoms with van der Waals surface area (Å²) < 4.78 is 27.7. The molecule has 0 amide bonds. The van der Waals surface area contributed by atoms with Crippen molar-refractivity contribution in [3.8, 4) is 0 Å². The zero-order chi connectivity index (χ0) is 10.2. The van der Waals surface area contributed by atoms with Crippen molar-refractivity contribution in [3.63, 3.8) is 0 Å². The first-order valence-corrected chi connectivity index (χ1v) is 4.67. The van der Waals surface area contributed by atoms with Crippen LogP contribution >= 0.6 is 0 Å². The molecule has 1 aromatic rings. The Morgan fingerprint density at radius 1 is 1.21 bits per heavy atom. The minimum Gasteiger partial charge on any atom is -0.396 e. The van der Waals surface area contributed by atoms with Gasteiger partial charge in [-0.2, -0.15) is 0 Å². The molecule has 1 saturated carbocycles. The van der Waals surface area contributed by atoms with Gasteiger partial charge in [0.1, 0.15) is 0 Å². The van der Waals surface area contributed by atoms with Gasteiger partial charge in [0.25, 0.3) is 5.92 Å². The summed E-state index contributed by atoms with van der Waals surface area (Å²) in [5.74, 6) is -2.90. The molecule has 0 bridgehead atoms. The summed E-state index contributed by atoms with van der Waals surface area (Å²) in [6, 6.07) is 7.72. The van der Waals surface area contributed by atoms with Crippen LogP contribution in [0.4, 0.5) is 8.78 Å². The quantitative estimate of drug-likeness (QED) is 0.791. The lowest BCUT2D eigenvalue weighted by Gasteiger charge is -2.25. The van der Waals surface area contributed by atoms with E-state index in [9.17, 15) is 8.78 Å². The van der Waals surface area contributed by atoms with E-state index in [1.54, 1.807) is 18.2 Å². The third-order valence-electron chi connectivity index (χ3n) is 2.96. The SMILES string of the molecule is OCC1(C(F)(F)c2ccccc2)CC1. The highest BCUT2D eigenvalue weighted by Gasteiger charge is 2.62. The fourth-order valence-corrected chi connectivity index (χ4v) is 1.68. The Balaban J connectivity index is 2.33. The molecule has 1 aromatic carbocycles. The van der Waals surface area contributed by atoms with Crippen molar-refractivity contribution in [2.75, 3.05) is 6.61 Å². The maximum absolute atomic E-state index is 13.8. The lowest BCUT2D eigenvalue weighted by atomic mass is 9.92. The van der Waals surface area contributed by atoms with Crippen molar-refractivity contribution in [2.45, 2.75) is 18.8 Å². The maximum atomic E-state index is 13.8. The van der Waals surface area contributed by atoms with E-state index in [1.165, 1.54) is 12.1 Å². The first-order chi connectivity index (χ1) is 6.62. The predicted molar refractivity (Wildman–Crippen MR) is 49.1 cm³/mol. The van der Waals surface area contributed by atoms with Gasteiger partial charge in [0.2, 0.25) is 0 Å². The van der Waals surface area contributed by atoms with Crippen molar-refractivity contribution < 1.29 is 13.9 Å². The van der Waals surface area contributed by atoms with Crippen molar-refractivity contribution in [1.82, 2.24) is 0 Å². The minimum atomic E-state index is -2.90. The molecule has 0 atom stereocenters. The summed E-state index contributed by atoms with van der Waals surface area (Å²) in [6.45, 7) is -0.436. The Morgan fingerprint density at radius 2 is 1.79 bits per heavy atom. The number of aliphatic hydroxyl groups is 1. The summed E-state index contributed by atoms with van der Waals surface area (Å²) in [6.07, 6.45) is 0.816. The van der Waals surface area contributed by atoms with Crippen molar-refractivity contribution in [2.24, 2.45) is 5.41 Å². The van der Waals surface area contributed by atoms with Gasteiger partial charge >= 0.3 is 0 Å². The van der Waals surface area contributed by atoms with E-state index in [0.717, 1.165) is 0 Å². The van der Waals surface area contributed by atoms with Crippen LogP contribution in [-0.2, 0) is 5.92 Å². The highest BCUT2D eigenvalue weighted by Crippen LogP contribution is 2.60. The highest BCUT2D eigenvalue weighted by atomic mass is 19.3. The van der Waals surface area contributed by atoms with Crippen LogP contribution in [0.3, 0.4) is 0 Å². The number of hydrogen-bond donors (Lipinski definition) is 1. The molecule has 0 aromatic heterocycles. The van der Waals surface area contributed by atoms with E-state index < -0.39 is 17.9 Å². The molecule has 0 spiro atoms. The Kier molecular flexibility index (Phi) is 2.07. The van der Waals surface area contributed by atoms with Crippen molar-refractivity contribution >= 4 is 0 Å². The van der Waals surface area contributed by atoms with E-state index in [-0.39, 0.29) is 5.56 Å². The Bertz CT molecular complexity index is 317. The van der Waals surface area contributed by atoms with Crippen LogP contribution in [-0.4, -0.2) is 11.7 Å². The zero-order valence-corrected chi connectivity index (χ0v) is 7.71. The van der Waals surface area contributed by atoms with Gasteiger partial charge in [-0.25, -0.2) is 8.78 Å². The molecule has 0 heterocycles. The number of rotatable bonds is 3. The van der Waals surface area contributed by atoms with Crippen molar-refractivity contribution in [3.05, 3.63) is 35.9 Å². The molecule has 0 unspecified atom stereocenters. The second-order valence-corrected chi connectivity index (χ2v) is 3.88. The van der Waals surface area contributed by atoms with Gasteiger partial charge < -0.3 is 5.11 Å². The summed E-state index contributed by atoms with van der Waals surface area (Å²) in [4.78, 5) is 0. The highest BCUT2D eigenvalue weighted by molar-refractivity contribution is 5.25.